The van der Waals surface area contributed by atoms with Gasteiger partial charge in [0.1, 0.15) is 5.75 Å². The van der Waals surface area contributed by atoms with E-state index in [2.05, 4.69) is 15.7 Å². The first-order chi connectivity index (χ1) is 12.4. The van der Waals surface area contributed by atoms with E-state index in [1.165, 1.54) is 0 Å². The van der Waals surface area contributed by atoms with Gasteiger partial charge in [0, 0.05) is 25.2 Å². The number of carbonyl (C=O) groups is 2. The first-order valence-electron chi connectivity index (χ1n) is 8.69. The maximum atomic E-state index is 12.4. The summed E-state index contributed by atoms with van der Waals surface area (Å²) in [5.74, 6) is 0.484. The van der Waals surface area contributed by atoms with E-state index in [0.29, 0.717) is 18.6 Å². The lowest BCUT2D eigenvalue weighted by atomic mass is 9.93. The summed E-state index contributed by atoms with van der Waals surface area (Å²) in [4.78, 5) is 24.2. The molecular formula is C19H24N4O3. The Balaban J connectivity index is 1.63. The van der Waals surface area contributed by atoms with E-state index in [9.17, 15) is 9.59 Å². The molecule has 3 rings (SSSR count). The van der Waals surface area contributed by atoms with Crippen LogP contribution in [0.4, 0.5) is 0 Å². The number of aryl methyl sites for hydroxylation is 3. The summed E-state index contributed by atoms with van der Waals surface area (Å²) in [6, 6.07) is 5.42. The predicted octanol–water partition coefficient (Wildman–Crippen LogP) is 1.55. The molecule has 1 saturated heterocycles. The number of benzene rings is 1. The third kappa shape index (κ3) is 4.22. The van der Waals surface area contributed by atoms with Crippen LogP contribution in [-0.4, -0.2) is 34.2 Å². The highest BCUT2D eigenvalue weighted by atomic mass is 16.5. The van der Waals surface area contributed by atoms with Crippen molar-refractivity contribution in [3.8, 4) is 5.75 Å². The number of hydrogen-bond donors (Lipinski definition) is 2. The van der Waals surface area contributed by atoms with E-state index >= 15 is 0 Å². The highest BCUT2D eigenvalue weighted by Gasteiger charge is 2.31. The molecule has 0 spiro atoms. The minimum absolute atomic E-state index is 0.0176. The van der Waals surface area contributed by atoms with E-state index in [-0.39, 0.29) is 30.5 Å². The summed E-state index contributed by atoms with van der Waals surface area (Å²) >= 11 is 0. The summed E-state index contributed by atoms with van der Waals surface area (Å²) < 4.78 is 7.35. The van der Waals surface area contributed by atoms with Gasteiger partial charge in [-0.05, 0) is 37.5 Å². The first kappa shape index (κ1) is 18.0. The zero-order chi connectivity index (χ0) is 18.7. The Morgan fingerprint density at radius 2 is 2.23 bits per heavy atom. The molecule has 0 bridgehead atoms. The van der Waals surface area contributed by atoms with Crippen LogP contribution in [0.1, 0.15) is 35.6 Å². The highest BCUT2D eigenvalue weighted by molar-refractivity contribution is 5.80. The Labute approximate surface area is 152 Å². The van der Waals surface area contributed by atoms with Crippen molar-refractivity contribution in [3.05, 3.63) is 47.3 Å². The molecule has 0 aliphatic carbocycles. The van der Waals surface area contributed by atoms with Crippen LogP contribution in [0.15, 0.2) is 30.6 Å². The SMILES string of the molecule is Cc1ccc(C)c(OCC(=O)N[C@@H]2CCC(=O)N[C@H]2c2cnn(C)c2)c1. The van der Waals surface area contributed by atoms with Gasteiger partial charge in [-0.15, -0.1) is 0 Å². The molecule has 1 aromatic carbocycles. The van der Waals surface area contributed by atoms with Crippen molar-refractivity contribution in [1.82, 2.24) is 20.4 Å². The standard InChI is InChI=1S/C19H24N4O3/c1-12-4-5-13(2)16(8-12)26-11-18(25)21-15-6-7-17(24)22-19(15)14-9-20-23(3)10-14/h4-5,8-10,15,19H,6-7,11H2,1-3H3,(H,21,25)(H,22,24)/t15-,19+/m1/s1. The van der Waals surface area contributed by atoms with E-state index in [0.717, 1.165) is 16.7 Å². The Kier molecular flexibility index (Phi) is 5.25. The van der Waals surface area contributed by atoms with E-state index in [1.807, 2.05) is 45.3 Å². The van der Waals surface area contributed by atoms with Crippen LogP contribution < -0.4 is 15.4 Å². The second-order valence-corrected chi connectivity index (χ2v) is 6.76. The number of piperidine rings is 1. The van der Waals surface area contributed by atoms with Gasteiger partial charge < -0.3 is 15.4 Å². The van der Waals surface area contributed by atoms with Crippen molar-refractivity contribution in [1.29, 1.82) is 0 Å². The summed E-state index contributed by atoms with van der Waals surface area (Å²) in [5.41, 5.74) is 2.94. The second-order valence-electron chi connectivity index (χ2n) is 6.76. The molecule has 2 atom stereocenters. The van der Waals surface area contributed by atoms with Crippen molar-refractivity contribution in [2.45, 2.75) is 38.8 Å². The third-order valence-electron chi connectivity index (χ3n) is 4.53. The second kappa shape index (κ2) is 7.59. The monoisotopic (exact) mass is 356 g/mol. The zero-order valence-corrected chi connectivity index (χ0v) is 15.3. The van der Waals surface area contributed by atoms with Gasteiger partial charge >= 0.3 is 0 Å². The Morgan fingerprint density at radius 3 is 2.96 bits per heavy atom. The quantitative estimate of drug-likeness (QED) is 0.851. The van der Waals surface area contributed by atoms with Gasteiger partial charge in [-0.2, -0.15) is 5.10 Å². The van der Waals surface area contributed by atoms with Crippen molar-refractivity contribution in [2.24, 2.45) is 7.05 Å². The average molecular weight is 356 g/mol. The Bertz CT molecular complexity index is 815. The Morgan fingerprint density at radius 1 is 1.42 bits per heavy atom. The van der Waals surface area contributed by atoms with Crippen LogP contribution in [0.2, 0.25) is 0 Å². The minimum atomic E-state index is -0.283. The molecule has 2 aromatic rings. The van der Waals surface area contributed by atoms with Crippen LogP contribution in [0, 0.1) is 13.8 Å². The molecule has 0 unspecified atom stereocenters. The van der Waals surface area contributed by atoms with Crippen molar-refractivity contribution < 1.29 is 14.3 Å². The smallest absolute Gasteiger partial charge is 0.258 e. The van der Waals surface area contributed by atoms with Gasteiger partial charge in [0.15, 0.2) is 6.61 Å². The van der Waals surface area contributed by atoms with E-state index in [1.54, 1.807) is 10.9 Å². The number of carbonyl (C=O) groups excluding carboxylic acids is 2. The molecule has 2 heterocycles. The molecular weight excluding hydrogens is 332 g/mol. The number of hydrogen-bond acceptors (Lipinski definition) is 4. The third-order valence-corrected chi connectivity index (χ3v) is 4.53. The van der Waals surface area contributed by atoms with Crippen LogP contribution in [0.5, 0.6) is 5.75 Å². The highest BCUT2D eigenvalue weighted by Crippen LogP contribution is 2.24. The lowest BCUT2D eigenvalue weighted by molar-refractivity contribution is -0.128. The molecule has 7 heteroatoms. The summed E-state index contributed by atoms with van der Waals surface area (Å²) in [5, 5.41) is 10.1. The van der Waals surface area contributed by atoms with Gasteiger partial charge in [0.25, 0.3) is 5.91 Å². The fourth-order valence-corrected chi connectivity index (χ4v) is 3.13. The summed E-state index contributed by atoms with van der Waals surface area (Å²) in [6.07, 6.45) is 4.53. The van der Waals surface area contributed by atoms with Gasteiger partial charge in [0.2, 0.25) is 5.91 Å². The van der Waals surface area contributed by atoms with Gasteiger partial charge in [-0.25, -0.2) is 0 Å². The van der Waals surface area contributed by atoms with E-state index in [4.69, 9.17) is 4.74 Å². The van der Waals surface area contributed by atoms with Gasteiger partial charge in [-0.3, -0.25) is 14.3 Å². The Hall–Kier alpha value is -2.83. The largest absolute Gasteiger partial charge is 0.483 e. The fraction of sp³-hybridized carbons (Fsp3) is 0.421. The summed E-state index contributed by atoms with van der Waals surface area (Å²) in [6.45, 7) is 3.87. The van der Waals surface area contributed by atoms with Crippen molar-refractivity contribution in [3.63, 3.8) is 0 Å². The van der Waals surface area contributed by atoms with Gasteiger partial charge in [-0.1, -0.05) is 12.1 Å². The predicted molar refractivity (Wildman–Crippen MR) is 96.7 cm³/mol. The summed E-state index contributed by atoms with van der Waals surface area (Å²) in [7, 11) is 1.82. The lowest BCUT2D eigenvalue weighted by Gasteiger charge is -2.32. The zero-order valence-electron chi connectivity index (χ0n) is 15.3. The maximum Gasteiger partial charge on any atom is 0.258 e. The molecule has 0 saturated carbocycles. The van der Waals surface area contributed by atoms with Gasteiger partial charge in [0.05, 0.1) is 18.3 Å². The van der Waals surface area contributed by atoms with Crippen LogP contribution in [0.3, 0.4) is 0 Å². The molecule has 2 N–H and O–H groups in total. The number of nitrogens with zero attached hydrogens (tertiary/aromatic N) is 2. The molecule has 26 heavy (non-hydrogen) atoms. The van der Waals surface area contributed by atoms with Crippen LogP contribution >= 0.6 is 0 Å². The number of rotatable bonds is 5. The lowest BCUT2D eigenvalue weighted by Crippen LogP contribution is -2.51. The molecule has 1 aromatic heterocycles. The molecule has 1 aliphatic heterocycles. The number of ether oxygens (including phenoxy) is 1. The molecule has 7 nitrogen and oxygen atoms in total. The minimum Gasteiger partial charge on any atom is -0.483 e. The molecule has 0 radical (unpaired) electrons. The van der Waals surface area contributed by atoms with Crippen molar-refractivity contribution >= 4 is 11.8 Å². The van der Waals surface area contributed by atoms with Crippen molar-refractivity contribution in [2.75, 3.05) is 6.61 Å². The number of aromatic nitrogens is 2. The maximum absolute atomic E-state index is 12.4. The molecule has 138 valence electrons. The molecule has 2 amide bonds. The van der Waals surface area contributed by atoms with Crippen LogP contribution in [0.25, 0.3) is 0 Å². The number of nitrogens with one attached hydrogen (secondary N) is 2. The molecule has 1 aliphatic rings. The fourth-order valence-electron chi connectivity index (χ4n) is 3.13. The molecule has 1 fully saturated rings. The topological polar surface area (TPSA) is 85.2 Å². The number of amides is 2. The normalized spacial score (nSPS) is 19.7. The van der Waals surface area contributed by atoms with E-state index < -0.39 is 0 Å². The van der Waals surface area contributed by atoms with Crippen LogP contribution in [-0.2, 0) is 16.6 Å². The first-order valence-corrected chi connectivity index (χ1v) is 8.69. The average Bonchev–Trinajstić information content (AvgIpc) is 3.03.